The minimum Gasteiger partial charge on any atom is -0.350 e. The minimum atomic E-state index is -3.44. The fourth-order valence-electron chi connectivity index (χ4n) is 1.83. The molecule has 0 aromatic heterocycles. The van der Waals surface area contributed by atoms with Crippen molar-refractivity contribution in [2.45, 2.75) is 37.1 Å². The normalized spacial score (nSPS) is 12.2. The number of carbonyl (C=O) groups excluding carboxylic acids is 1. The first kappa shape index (κ1) is 16.7. The minimum absolute atomic E-state index is 0.0353. The summed E-state index contributed by atoms with van der Waals surface area (Å²) < 4.78 is 23.3. The summed E-state index contributed by atoms with van der Waals surface area (Å²) in [5, 5.41) is 2.73. The van der Waals surface area contributed by atoms with Crippen LogP contribution in [-0.2, 0) is 9.84 Å². The Hall–Kier alpha value is -1.40. The molecule has 6 heteroatoms. The van der Waals surface area contributed by atoms with Gasteiger partial charge in [-0.25, -0.2) is 8.42 Å². The Morgan fingerprint density at radius 2 is 1.80 bits per heavy atom. The van der Waals surface area contributed by atoms with Crippen molar-refractivity contribution < 1.29 is 13.2 Å². The van der Waals surface area contributed by atoms with E-state index in [0.717, 1.165) is 19.1 Å². The molecule has 0 aliphatic rings. The van der Waals surface area contributed by atoms with E-state index < -0.39 is 21.3 Å². The van der Waals surface area contributed by atoms with Gasteiger partial charge in [-0.3, -0.25) is 4.79 Å². The molecule has 112 valence electrons. The van der Waals surface area contributed by atoms with Crippen LogP contribution in [0.5, 0.6) is 0 Å². The average Bonchev–Trinajstić information content (AvgIpc) is 2.43. The molecule has 0 heterocycles. The third-order valence-electron chi connectivity index (χ3n) is 3.54. The first-order chi connectivity index (χ1) is 9.23. The fourth-order valence-corrected chi connectivity index (χ4v) is 2.72. The lowest BCUT2D eigenvalue weighted by Crippen LogP contribution is -2.49. The van der Waals surface area contributed by atoms with Crippen molar-refractivity contribution in [3.05, 3.63) is 29.8 Å². The molecule has 1 aromatic rings. The zero-order valence-corrected chi connectivity index (χ0v) is 13.0. The molecule has 20 heavy (non-hydrogen) atoms. The molecular formula is C14H22N2O3S. The van der Waals surface area contributed by atoms with Crippen LogP contribution in [0, 0.1) is 0 Å². The molecule has 5 nitrogen and oxygen atoms in total. The molecule has 1 amide bonds. The highest BCUT2D eigenvalue weighted by atomic mass is 32.2. The van der Waals surface area contributed by atoms with Crippen LogP contribution in [0.3, 0.4) is 0 Å². The standard InChI is InChI=1S/C14H22N2O3S/c1-4-14(15,5-2)10-16-13(17)11-8-6-7-9-12(11)20(3,18)19/h6-9H,4-5,10,15H2,1-3H3,(H,16,17). The maximum atomic E-state index is 12.2. The van der Waals surface area contributed by atoms with Crippen LogP contribution in [0.25, 0.3) is 0 Å². The van der Waals surface area contributed by atoms with Crippen LogP contribution in [0.1, 0.15) is 37.0 Å². The van der Waals surface area contributed by atoms with E-state index >= 15 is 0 Å². The third-order valence-corrected chi connectivity index (χ3v) is 4.70. The summed E-state index contributed by atoms with van der Waals surface area (Å²) in [6.07, 6.45) is 2.55. The number of sulfone groups is 1. The van der Waals surface area contributed by atoms with E-state index in [2.05, 4.69) is 5.32 Å². The molecule has 0 spiro atoms. The molecule has 0 atom stereocenters. The molecule has 1 rings (SSSR count). The van der Waals surface area contributed by atoms with Gasteiger partial charge in [-0.05, 0) is 25.0 Å². The monoisotopic (exact) mass is 298 g/mol. The summed E-state index contributed by atoms with van der Waals surface area (Å²) in [4.78, 5) is 12.2. The first-order valence-electron chi connectivity index (χ1n) is 6.59. The van der Waals surface area contributed by atoms with Gasteiger partial charge >= 0.3 is 0 Å². The zero-order valence-electron chi connectivity index (χ0n) is 12.1. The van der Waals surface area contributed by atoms with E-state index in [9.17, 15) is 13.2 Å². The van der Waals surface area contributed by atoms with Gasteiger partial charge in [0.05, 0.1) is 10.5 Å². The molecule has 0 unspecified atom stereocenters. The lowest BCUT2D eigenvalue weighted by atomic mass is 9.94. The summed E-state index contributed by atoms with van der Waals surface area (Å²) in [6.45, 7) is 4.23. The molecule has 0 fully saturated rings. The molecule has 0 bridgehead atoms. The average molecular weight is 298 g/mol. The largest absolute Gasteiger partial charge is 0.350 e. The van der Waals surface area contributed by atoms with Crippen molar-refractivity contribution in [1.82, 2.24) is 5.32 Å². The van der Waals surface area contributed by atoms with Gasteiger partial charge in [0.15, 0.2) is 9.84 Å². The molecule has 0 saturated heterocycles. The number of benzene rings is 1. The van der Waals surface area contributed by atoms with E-state index in [1.54, 1.807) is 12.1 Å². The molecular weight excluding hydrogens is 276 g/mol. The van der Waals surface area contributed by atoms with Gasteiger partial charge in [0, 0.05) is 18.3 Å². The molecule has 1 aromatic carbocycles. The fraction of sp³-hybridized carbons (Fsp3) is 0.500. The lowest BCUT2D eigenvalue weighted by molar-refractivity contribution is 0.0939. The molecule has 0 radical (unpaired) electrons. The van der Waals surface area contributed by atoms with Crippen LogP contribution in [0.2, 0.25) is 0 Å². The van der Waals surface area contributed by atoms with Gasteiger partial charge in [0.25, 0.3) is 5.91 Å². The van der Waals surface area contributed by atoms with Crippen molar-refractivity contribution in [2.24, 2.45) is 5.73 Å². The van der Waals surface area contributed by atoms with Crippen LogP contribution in [0.15, 0.2) is 29.2 Å². The molecule has 3 N–H and O–H groups in total. The van der Waals surface area contributed by atoms with Crippen molar-refractivity contribution in [3.8, 4) is 0 Å². The van der Waals surface area contributed by atoms with Gasteiger partial charge in [0.2, 0.25) is 0 Å². The summed E-state index contributed by atoms with van der Waals surface area (Å²) >= 11 is 0. The maximum Gasteiger partial charge on any atom is 0.252 e. The second-order valence-corrected chi connectivity index (χ2v) is 7.00. The summed E-state index contributed by atoms with van der Waals surface area (Å²) in [5.74, 6) is -0.414. The van der Waals surface area contributed by atoms with Crippen molar-refractivity contribution >= 4 is 15.7 Å². The number of nitrogens with two attached hydrogens (primary N) is 1. The number of amides is 1. The van der Waals surface area contributed by atoms with E-state index in [0.29, 0.717) is 6.54 Å². The third kappa shape index (κ3) is 4.05. The molecule has 0 saturated carbocycles. The lowest BCUT2D eigenvalue weighted by Gasteiger charge is -2.26. The van der Waals surface area contributed by atoms with E-state index in [4.69, 9.17) is 5.73 Å². The predicted octanol–water partition coefficient (Wildman–Crippen LogP) is 1.34. The maximum absolute atomic E-state index is 12.2. The Bertz CT molecular complexity index is 578. The van der Waals surface area contributed by atoms with Crippen molar-refractivity contribution in [2.75, 3.05) is 12.8 Å². The van der Waals surface area contributed by atoms with Crippen LogP contribution in [0.4, 0.5) is 0 Å². The molecule has 0 aliphatic carbocycles. The van der Waals surface area contributed by atoms with Crippen LogP contribution < -0.4 is 11.1 Å². The van der Waals surface area contributed by atoms with Crippen LogP contribution in [-0.4, -0.2) is 32.7 Å². The Balaban J connectivity index is 2.95. The predicted molar refractivity (Wildman–Crippen MR) is 79.4 cm³/mol. The second kappa shape index (κ2) is 6.37. The van der Waals surface area contributed by atoms with Gasteiger partial charge in [-0.15, -0.1) is 0 Å². The van der Waals surface area contributed by atoms with E-state index in [-0.39, 0.29) is 10.5 Å². The van der Waals surface area contributed by atoms with Gasteiger partial charge in [0.1, 0.15) is 0 Å². The second-order valence-electron chi connectivity index (χ2n) is 5.02. The number of carbonyl (C=O) groups is 1. The Labute approximate surface area is 120 Å². The highest BCUT2D eigenvalue weighted by Gasteiger charge is 2.23. The Morgan fingerprint density at radius 3 is 2.30 bits per heavy atom. The van der Waals surface area contributed by atoms with Gasteiger partial charge in [-0.2, -0.15) is 0 Å². The van der Waals surface area contributed by atoms with Gasteiger partial charge < -0.3 is 11.1 Å². The van der Waals surface area contributed by atoms with Gasteiger partial charge in [-0.1, -0.05) is 26.0 Å². The Morgan fingerprint density at radius 1 is 1.25 bits per heavy atom. The Kier molecular flexibility index (Phi) is 5.30. The summed E-state index contributed by atoms with van der Waals surface area (Å²) in [6, 6.07) is 6.17. The quantitative estimate of drug-likeness (QED) is 0.829. The smallest absolute Gasteiger partial charge is 0.252 e. The number of rotatable bonds is 6. The topological polar surface area (TPSA) is 89.3 Å². The number of nitrogens with one attached hydrogen (secondary N) is 1. The van der Waals surface area contributed by atoms with E-state index in [1.807, 2.05) is 13.8 Å². The highest BCUT2D eigenvalue weighted by molar-refractivity contribution is 7.90. The SMILES string of the molecule is CCC(N)(CC)CNC(=O)c1ccccc1S(C)(=O)=O. The van der Waals surface area contributed by atoms with E-state index in [1.165, 1.54) is 12.1 Å². The summed E-state index contributed by atoms with van der Waals surface area (Å²) in [5.41, 5.74) is 5.81. The highest BCUT2D eigenvalue weighted by Crippen LogP contribution is 2.16. The number of hydrogen-bond acceptors (Lipinski definition) is 4. The number of hydrogen-bond donors (Lipinski definition) is 2. The van der Waals surface area contributed by atoms with Crippen molar-refractivity contribution in [3.63, 3.8) is 0 Å². The summed E-state index contributed by atoms with van der Waals surface area (Å²) in [7, 11) is -3.44. The zero-order chi connectivity index (χ0) is 15.4. The van der Waals surface area contributed by atoms with Crippen LogP contribution >= 0.6 is 0 Å². The van der Waals surface area contributed by atoms with Crippen molar-refractivity contribution in [1.29, 1.82) is 0 Å². The first-order valence-corrected chi connectivity index (χ1v) is 8.49. The molecule has 0 aliphatic heterocycles.